The van der Waals surface area contributed by atoms with Crippen LogP contribution in [0.25, 0.3) is 0 Å². The Balaban J connectivity index is 1.95. The Morgan fingerprint density at radius 3 is 2.65 bits per heavy atom. The van der Waals surface area contributed by atoms with Crippen molar-refractivity contribution in [3.05, 3.63) is 23.2 Å². The molecule has 0 aliphatic carbocycles. The zero-order chi connectivity index (χ0) is 14.8. The van der Waals surface area contributed by atoms with Gasteiger partial charge in [0.15, 0.2) is 0 Å². The molecule has 1 fully saturated rings. The van der Waals surface area contributed by atoms with Crippen molar-refractivity contribution in [2.75, 3.05) is 26.8 Å². The molecule has 6 nitrogen and oxygen atoms in total. The molecule has 2 heterocycles. The summed E-state index contributed by atoms with van der Waals surface area (Å²) >= 11 is 0. The first-order valence-electron chi connectivity index (χ1n) is 6.71. The molecule has 0 bridgehead atoms. The van der Waals surface area contributed by atoms with E-state index in [0.717, 1.165) is 0 Å². The highest BCUT2D eigenvalue weighted by molar-refractivity contribution is 5.86. The number of carbonyl (C=O) groups is 1. The van der Waals surface area contributed by atoms with Crippen molar-refractivity contribution in [2.24, 2.45) is 0 Å². The van der Waals surface area contributed by atoms with Gasteiger partial charge in [0, 0.05) is 38.2 Å². The molecular weight excluding hydrogens is 262 g/mol. The lowest BCUT2D eigenvalue weighted by Gasteiger charge is -2.35. The fourth-order valence-electron chi connectivity index (χ4n) is 2.57. The number of carboxylic acid groups (broad SMARTS) is 1. The van der Waals surface area contributed by atoms with Crippen LogP contribution in [0.5, 0.6) is 0 Å². The first-order valence-corrected chi connectivity index (χ1v) is 6.71. The second-order valence-corrected chi connectivity index (χ2v) is 5.54. The molecule has 1 saturated heterocycles. The summed E-state index contributed by atoms with van der Waals surface area (Å²) in [5.41, 5.74) is -0.116. The molecule has 0 amide bonds. The summed E-state index contributed by atoms with van der Waals surface area (Å²) < 4.78 is 10.6. The summed E-state index contributed by atoms with van der Waals surface area (Å²) in [5, 5.41) is 19.4. The van der Waals surface area contributed by atoms with Gasteiger partial charge in [-0.3, -0.25) is 4.90 Å². The van der Waals surface area contributed by atoms with Crippen LogP contribution in [0.15, 0.2) is 10.5 Å². The average molecular weight is 283 g/mol. The number of aromatic carboxylic acids is 1. The molecule has 0 atom stereocenters. The Morgan fingerprint density at radius 2 is 2.10 bits per heavy atom. The van der Waals surface area contributed by atoms with Gasteiger partial charge >= 0.3 is 5.97 Å². The van der Waals surface area contributed by atoms with Gasteiger partial charge in [-0.05, 0) is 20.0 Å². The molecular formula is C14H21NO5. The van der Waals surface area contributed by atoms with E-state index >= 15 is 0 Å². The monoisotopic (exact) mass is 283 g/mol. The fourth-order valence-corrected chi connectivity index (χ4v) is 2.57. The van der Waals surface area contributed by atoms with Crippen molar-refractivity contribution in [3.8, 4) is 0 Å². The molecule has 1 aliphatic heterocycles. The number of furan rings is 1. The first kappa shape index (κ1) is 15.0. The van der Waals surface area contributed by atoms with Crippen LogP contribution < -0.4 is 0 Å². The predicted molar refractivity (Wildman–Crippen MR) is 71.7 cm³/mol. The molecule has 0 saturated carbocycles. The van der Waals surface area contributed by atoms with E-state index in [1.165, 1.54) is 0 Å². The molecule has 2 N–H and O–H groups in total. The van der Waals surface area contributed by atoms with Crippen molar-refractivity contribution in [1.82, 2.24) is 4.90 Å². The van der Waals surface area contributed by atoms with Crippen LogP contribution >= 0.6 is 0 Å². The zero-order valence-corrected chi connectivity index (χ0v) is 11.9. The average Bonchev–Trinajstić information content (AvgIpc) is 2.70. The molecule has 0 aromatic carbocycles. The lowest BCUT2D eigenvalue weighted by atomic mass is 9.94. The summed E-state index contributed by atoms with van der Waals surface area (Å²) in [6.07, 6.45) is 1.24. The van der Waals surface area contributed by atoms with Gasteiger partial charge in [-0.25, -0.2) is 4.79 Å². The number of hydrogen-bond acceptors (Lipinski definition) is 5. The summed E-state index contributed by atoms with van der Waals surface area (Å²) in [4.78, 5) is 12.9. The lowest BCUT2D eigenvalue weighted by molar-refractivity contribution is -0.0782. The molecule has 0 unspecified atom stereocenters. The van der Waals surface area contributed by atoms with Gasteiger partial charge in [0.25, 0.3) is 0 Å². The molecule has 1 aliphatic rings. The smallest absolute Gasteiger partial charge is 0.372 e. The Hall–Kier alpha value is -1.37. The largest absolute Gasteiger partial charge is 0.475 e. The minimum Gasteiger partial charge on any atom is -0.475 e. The van der Waals surface area contributed by atoms with E-state index in [2.05, 4.69) is 0 Å². The van der Waals surface area contributed by atoms with Crippen molar-refractivity contribution in [2.45, 2.75) is 31.9 Å². The second-order valence-electron chi connectivity index (χ2n) is 5.54. The van der Waals surface area contributed by atoms with Gasteiger partial charge in [0.05, 0.1) is 12.1 Å². The number of carboxylic acids is 1. The van der Waals surface area contributed by atoms with Gasteiger partial charge in [0.1, 0.15) is 5.76 Å². The number of likely N-dealkylation sites (N-methyl/N-ethyl adjacent to an activating group) is 1. The topological polar surface area (TPSA) is 83.1 Å². The second kappa shape index (κ2) is 5.95. The summed E-state index contributed by atoms with van der Waals surface area (Å²) in [5.74, 6) is -0.476. The Kier molecular flexibility index (Phi) is 4.47. The van der Waals surface area contributed by atoms with E-state index < -0.39 is 11.6 Å². The minimum absolute atomic E-state index is 0.0156. The summed E-state index contributed by atoms with van der Waals surface area (Å²) in [7, 11) is 1.88. The number of hydrogen-bond donors (Lipinski definition) is 2. The van der Waals surface area contributed by atoms with E-state index in [-0.39, 0.29) is 5.76 Å². The van der Waals surface area contributed by atoms with E-state index in [9.17, 15) is 9.90 Å². The fraction of sp³-hybridized carbons (Fsp3) is 0.643. The zero-order valence-electron chi connectivity index (χ0n) is 11.9. The van der Waals surface area contributed by atoms with E-state index in [1.54, 1.807) is 13.0 Å². The maximum atomic E-state index is 10.9. The number of ether oxygens (including phenoxy) is 1. The Morgan fingerprint density at radius 1 is 1.45 bits per heavy atom. The molecule has 0 spiro atoms. The molecule has 0 radical (unpaired) electrons. The van der Waals surface area contributed by atoms with Crippen LogP contribution in [0, 0.1) is 6.92 Å². The van der Waals surface area contributed by atoms with Crippen molar-refractivity contribution in [3.63, 3.8) is 0 Å². The third-order valence-corrected chi connectivity index (χ3v) is 3.58. The van der Waals surface area contributed by atoms with Gasteiger partial charge in [-0.2, -0.15) is 0 Å². The SMILES string of the molecule is Cc1cc(CN(C)CC2(O)CCOCC2)oc1C(=O)O. The highest BCUT2D eigenvalue weighted by atomic mass is 16.5. The summed E-state index contributed by atoms with van der Waals surface area (Å²) in [6.45, 7) is 3.85. The maximum Gasteiger partial charge on any atom is 0.372 e. The highest BCUT2D eigenvalue weighted by Crippen LogP contribution is 2.23. The van der Waals surface area contributed by atoms with Gasteiger partial charge in [-0.1, -0.05) is 0 Å². The minimum atomic E-state index is -1.06. The molecule has 20 heavy (non-hydrogen) atoms. The number of aryl methyl sites for hydroxylation is 1. The Labute approximate surface area is 117 Å². The Bertz CT molecular complexity index is 476. The normalized spacial score (nSPS) is 18.4. The van der Waals surface area contributed by atoms with Crippen LogP contribution in [0.2, 0.25) is 0 Å². The van der Waals surface area contributed by atoms with E-state index in [1.807, 2.05) is 11.9 Å². The van der Waals surface area contributed by atoms with Crippen LogP contribution in [0.1, 0.15) is 34.7 Å². The quantitative estimate of drug-likeness (QED) is 0.846. The molecule has 1 aromatic rings. The van der Waals surface area contributed by atoms with Crippen LogP contribution in [-0.2, 0) is 11.3 Å². The third kappa shape index (κ3) is 3.59. The lowest BCUT2D eigenvalue weighted by Crippen LogP contribution is -2.45. The van der Waals surface area contributed by atoms with Crippen LogP contribution in [-0.4, -0.2) is 53.5 Å². The molecule has 1 aromatic heterocycles. The predicted octanol–water partition coefficient (Wildman–Crippen LogP) is 1.26. The third-order valence-electron chi connectivity index (χ3n) is 3.58. The van der Waals surface area contributed by atoms with Gasteiger partial charge in [-0.15, -0.1) is 0 Å². The van der Waals surface area contributed by atoms with Crippen molar-refractivity contribution >= 4 is 5.97 Å². The number of rotatable bonds is 5. The van der Waals surface area contributed by atoms with E-state index in [4.69, 9.17) is 14.3 Å². The highest BCUT2D eigenvalue weighted by Gasteiger charge is 2.31. The van der Waals surface area contributed by atoms with Crippen molar-refractivity contribution < 1.29 is 24.2 Å². The molecule has 112 valence electrons. The molecule has 2 rings (SSSR count). The number of aliphatic hydroxyl groups is 1. The first-order chi connectivity index (χ1) is 9.39. The molecule has 6 heteroatoms. The standard InChI is InChI=1S/C14H21NO5/c1-10-7-11(20-12(10)13(16)17)8-15(2)9-14(18)3-5-19-6-4-14/h7,18H,3-6,8-9H2,1-2H3,(H,16,17). The van der Waals surface area contributed by atoms with Crippen molar-refractivity contribution in [1.29, 1.82) is 0 Å². The van der Waals surface area contributed by atoms with Crippen LogP contribution in [0.3, 0.4) is 0 Å². The van der Waals surface area contributed by atoms with Gasteiger partial charge < -0.3 is 19.4 Å². The van der Waals surface area contributed by atoms with Crippen LogP contribution in [0.4, 0.5) is 0 Å². The summed E-state index contributed by atoms with van der Waals surface area (Å²) in [6, 6.07) is 1.73. The number of nitrogens with zero attached hydrogens (tertiary/aromatic N) is 1. The van der Waals surface area contributed by atoms with E-state index in [0.29, 0.717) is 50.5 Å². The van der Waals surface area contributed by atoms with Gasteiger partial charge in [0.2, 0.25) is 5.76 Å². The maximum absolute atomic E-state index is 10.9.